The number of nitrogens with zero attached hydrogens (tertiary/aromatic N) is 1. The number of nitrogens with one attached hydrogen (secondary N) is 1. The molecule has 3 N–H and O–H groups in total. The van der Waals surface area contributed by atoms with Crippen molar-refractivity contribution in [3.05, 3.63) is 39.3 Å². The smallest absolute Gasteiger partial charge is 0.0507 e. The summed E-state index contributed by atoms with van der Waals surface area (Å²) in [4.78, 5) is 2.47. The molecule has 0 saturated carbocycles. The number of hydrogen-bond acceptors (Lipinski definition) is 3. The van der Waals surface area contributed by atoms with Crippen LogP contribution in [-0.4, -0.2) is 31.1 Å². The van der Waals surface area contributed by atoms with Gasteiger partial charge in [-0.1, -0.05) is 22.0 Å². The molecule has 1 fully saturated rings. The summed E-state index contributed by atoms with van der Waals surface area (Å²) in [5, 5.41) is 3.38. The summed E-state index contributed by atoms with van der Waals surface area (Å²) in [6.45, 7) is 8.04. The minimum absolute atomic E-state index is 0.299. The maximum atomic E-state index is 6.25. The zero-order chi connectivity index (χ0) is 13.8. The van der Waals surface area contributed by atoms with E-state index in [1.807, 2.05) is 12.1 Å². The van der Waals surface area contributed by atoms with E-state index in [1.165, 1.54) is 5.56 Å². The van der Waals surface area contributed by atoms with Gasteiger partial charge in [0.1, 0.15) is 0 Å². The second-order valence-electron chi connectivity index (χ2n) is 4.72. The Labute approximate surface area is 131 Å². The zero-order valence-electron chi connectivity index (χ0n) is 10.8. The molecular weight excluding hydrogens is 370 g/mol. The Hall–Kier alpha value is -0.360. The second-order valence-corrected chi connectivity index (χ2v) is 6.49. The molecule has 1 saturated heterocycles. The van der Waals surface area contributed by atoms with E-state index in [1.54, 1.807) is 0 Å². The minimum Gasteiger partial charge on any atom is -0.398 e. The lowest BCUT2D eigenvalue weighted by molar-refractivity contribution is 0.175. The molecule has 0 bridgehead atoms. The highest BCUT2D eigenvalue weighted by atomic mass is 79.9. The van der Waals surface area contributed by atoms with Crippen LogP contribution < -0.4 is 11.1 Å². The summed E-state index contributed by atoms with van der Waals surface area (Å²) in [5.74, 6) is 0. The normalized spacial score (nSPS) is 18.2. The third-order valence-corrected chi connectivity index (χ3v) is 4.58. The number of halogens is 2. The summed E-state index contributed by atoms with van der Waals surface area (Å²) in [7, 11) is 0. The van der Waals surface area contributed by atoms with Crippen molar-refractivity contribution < 1.29 is 0 Å². The van der Waals surface area contributed by atoms with Gasteiger partial charge < -0.3 is 11.1 Å². The van der Waals surface area contributed by atoms with E-state index in [2.05, 4.69) is 54.7 Å². The second kappa shape index (κ2) is 6.88. The Kier molecular flexibility index (Phi) is 5.45. The van der Waals surface area contributed by atoms with Crippen molar-refractivity contribution >= 4 is 37.5 Å². The van der Waals surface area contributed by atoms with Crippen molar-refractivity contribution in [3.8, 4) is 0 Å². The van der Waals surface area contributed by atoms with Gasteiger partial charge in [0.25, 0.3) is 0 Å². The van der Waals surface area contributed by atoms with Crippen molar-refractivity contribution in [3.63, 3.8) is 0 Å². The van der Waals surface area contributed by atoms with Crippen LogP contribution in [0.2, 0.25) is 0 Å². The lowest BCUT2D eigenvalue weighted by Crippen LogP contribution is -2.45. The van der Waals surface area contributed by atoms with E-state index in [-0.39, 0.29) is 0 Å². The molecule has 0 amide bonds. The first-order valence-electron chi connectivity index (χ1n) is 6.43. The van der Waals surface area contributed by atoms with E-state index in [0.717, 1.165) is 47.2 Å². The van der Waals surface area contributed by atoms with Crippen molar-refractivity contribution in [2.75, 3.05) is 31.9 Å². The molecule has 1 aromatic rings. The van der Waals surface area contributed by atoms with Crippen LogP contribution in [0.3, 0.4) is 0 Å². The summed E-state index contributed by atoms with van der Waals surface area (Å²) < 4.78 is 1.99. The van der Waals surface area contributed by atoms with Crippen LogP contribution in [0.25, 0.3) is 0 Å². The fraction of sp³-hybridized carbons (Fsp3) is 0.429. The average Bonchev–Trinajstić information content (AvgIpc) is 2.41. The van der Waals surface area contributed by atoms with Crippen LogP contribution in [0.5, 0.6) is 0 Å². The summed E-state index contributed by atoms with van der Waals surface area (Å²) in [6.07, 6.45) is 2.88. The molecule has 1 aliphatic rings. The van der Waals surface area contributed by atoms with E-state index in [4.69, 9.17) is 5.73 Å². The van der Waals surface area contributed by atoms with Crippen LogP contribution >= 0.6 is 31.9 Å². The summed E-state index contributed by atoms with van der Waals surface area (Å²) >= 11 is 7.08. The SMILES string of the molecule is C=CC[C@@H](c1cc(Br)cc(Br)c1N)N1CCNCC1. The summed E-state index contributed by atoms with van der Waals surface area (Å²) in [6, 6.07) is 4.41. The monoisotopic (exact) mass is 387 g/mol. The van der Waals surface area contributed by atoms with Gasteiger partial charge in [0.15, 0.2) is 0 Å². The molecule has 19 heavy (non-hydrogen) atoms. The average molecular weight is 389 g/mol. The van der Waals surface area contributed by atoms with Gasteiger partial charge in [0.05, 0.1) is 5.69 Å². The van der Waals surface area contributed by atoms with Gasteiger partial charge >= 0.3 is 0 Å². The largest absolute Gasteiger partial charge is 0.398 e. The van der Waals surface area contributed by atoms with Crippen LogP contribution in [0.15, 0.2) is 33.7 Å². The van der Waals surface area contributed by atoms with Gasteiger partial charge in [-0.25, -0.2) is 0 Å². The van der Waals surface area contributed by atoms with Crippen LogP contribution in [-0.2, 0) is 0 Å². The number of benzene rings is 1. The molecule has 3 nitrogen and oxygen atoms in total. The maximum absolute atomic E-state index is 6.25. The highest BCUT2D eigenvalue weighted by Gasteiger charge is 2.23. The fourth-order valence-corrected chi connectivity index (χ4v) is 3.76. The van der Waals surface area contributed by atoms with Gasteiger partial charge in [-0.05, 0) is 40.0 Å². The molecule has 1 aliphatic heterocycles. The molecule has 5 heteroatoms. The molecule has 2 rings (SSSR count). The van der Waals surface area contributed by atoms with E-state index in [0.29, 0.717) is 6.04 Å². The molecular formula is C14H19Br2N3. The third kappa shape index (κ3) is 3.60. The molecule has 1 atom stereocenters. The number of piperazine rings is 1. The molecule has 1 heterocycles. The molecule has 0 aliphatic carbocycles. The van der Waals surface area contributed by atoms with Gasteiger partial charge in [-0.3, -0.25) is 4.90 Å². The van der Waals surface area contributed by atoms with Crippen molar-refractivity contribution in [1.82, 2.24) is 10.2 Å². The molecule has 0 unspecified atom stereocenters. The number of hydrogen-bond donors (Lipinski definition) is 2. The lowest BCUT2D eigenvalue weighted by Gasteiger charge is -2.35. The van der Waals surface area contributed by atoms with E-state index >= 15 is 0 Å². The number of anilines is 1. The Balaban J connectivity index is 2.34. The Morgan fingerprint density at radius 1 is 1.37 bits per heavy atom. The predicted octanol–water partition coefficient (Wildman–Crippen LogP) is 3.32. The number of nitrogens with two attached hydrogens (primary N) is 1. The number of nitrogen functional groups attached to an aromatic ring is 1. The first-order chi connectivity index (χ1) is 9.13. The molecule has 0 aromatic heterocycles. The first-order valence-corrected chi connectivity index (χ1v) is 8.02. The molecule has 0 spiro atoms. The minimum atomic E-state index is 0.299. The van der Waals surface area contributed by atoms with Crippen molar-refractivity contribution in [1.29, 1.82) is 0 Å². The number of rotatable bonds is 4. The highest BCUT2D eigenvalue weighted by Crippen LogP contribution is 2.36. The van der Waals surface area contributed by atoms with E-state index < -0.39 is 0 Å². The lowest BCUT2D eigenvalue weighted by atomic mass is 9.99. The predicted molar refractivity (Wildman–Crippen MR) is 88.3 cm³/mol. The molecule has 0 radical (unpaired) electrons. The fourth-order valence-electron chi connectivity index (χ4n) is 2.50. The van der Waals surface area contributed by atoms with Crippen molar-refractivity contribution in [2.24, 2.45) is 0 Å². The molecule has 1 aromatic carbocycles. The highest BCUT2D eigenvalue weighted by molar-refractivity contribution is 9.11. The van der Waals surface area contributed by atoms with E-state index in [9.17, 15) is 0 Å². The molecule has 104 valence electrons. The topological polar surface area (TPSA) is 41.3 Å². The Morgan fingerprint density at radius 2 is 2.05 bits per heavy atom. The Morgan fingerprint density at radius 3 is 2.68 bits per heavy atom. The van der Waals surface area contributed by atoms with Gasteiger partial charge in [0, 0.05) is 41.2 Å². The maximum Gasteiger partial charge on any atom is 0.0507 e. The summed E-state index contributed by atoms with van der Waals surface area (Å²) in [5.41, 5.74) is 8.24. The third-order valence-electron chi connectivity index (χ3n) is 3.47. The van der Waals surface area contributed by atoms with Gasteiger partial charge in [-0.2, -0.15) is 0 Å². The van der Waals surface area contributed by atoms with Crippen LogP contribution in [0.1, 0.15) is 18.0 Å². The van der Waals surface area contributed by atoms with Crippen molar-refractivity contribution in [2.45, 2.75) is 12.5 Å². The Bertz CT molecular complexity index is 456. The zero-order valence-corrected chi connectivity index (χ0v) is 14.0. The van der Waals surface area contributed by atoms with Gasteiger partial charge in [0.2, 0.25) is 0 Å². The standard InChI is InChI=1S/C14H19Br2N3/c1-2-3-13(19-6-4-18-5-7-19)11-8-10(15)9-12(16)14(11)17/h2,8-9,13,18H,1,3-7,17H2/t13-/m0/s1. The van der Waals surface area contributed by atoms with Crippen LogP contribution in [0.4, 0.5) is 5.69 Å². The van der Waals surface area contributed by atoms with Gasteiger partial charge in [-0.15, -0.1) is 6.58 Å². The van der Waals surface area contributed by atoms with Crippen LogP contribution in [0, 0.1) is 0 Å². The quantitative estimate of drug-likeness (QED) is 0.614. The first kappa shape index (κ1) is 15.0.